The summed E-state index contributed by atoms with van der Waals surface area (Å²) in [4.78, 5) is 26.6. The molecule has 84 heavy (non-hydrogen) atoms. The number of esters is 1. The Morgan fingerprint density at radius 1 is 0.476 bits per heavy atom. The van der Waals surface area contributed by atoms with Gasteiger partial charge in [-0.25, -0.2) is 0 Å². The number of amides is 1. The molecule has 8 atom stereocenters. The molecule has 11 heteroatoms. The molecule has 0 aromatic carbocycles. The molecule has 0 radical (unpaired) electrons. The van der Waals surface area contributed by atoms with Crippen LogP contribution < -0.4 is 5.32 Å². The van der Waals surface area contributed by atoms with Gasteiger partial charge in [0, 0.05) is 6.42 Å². The van der Waals surface area contributed by atoms with Crippen molar-refractivity contribution in [1.82, 2.24) is 5.32 Å². The molecule has 1 fully saturated rings. The third-order valence-corrected chi connectivity index (χ3v) is 15.1. The van der Waals surface area contributed by atoms with Crippen molar-refractivity contribution in [3.05, 3.63) is 122 Å². The van der Waals surface area contributed by atoms with Crippen LogP contribution in [0.1, 0.15) is 265 Å². The molecule has 1 amide bonds. The van der Waals surface area contributed by atoms with Crippen molar-refractivity contribution in [2.45, 2.75) is 314 Å². The average molecular weight is 1170 g/mol. The second kappa shape index (κ2) is 59.4. The van der Waals surface area contributed by atoms with Gasteiger partial charge < -0.3 is 45.1 Å². The van der Waals surface area contributed by atoms with Crippen molar-refractivity contribution < 1.29 is 49.3 Å². The van der Waals surface area contributed by atoms with Crippen LogP contribution in [0.3, 0.4) is 0 Å². The van der Waals surface area contributed by atoms with Gasteiger partial charge >= 0.3 is 5.97 Å². The fourth-order valence-corrected chi connectivity index (χ4v) is 9.78. The maximum atomic E-state index is 13.4. The van der Waals surface area contributed by atoms with Crippen LogP contribution in [0, 0.1) is 0 Å². The number of carbonyl (C=O) groups excluding carboxylic acids is 2. The molecular weight excluding hydrogens is 1050 g/mol. The normalized spacial score (nSPS) is 19.3. The Hall–Kier alpha value is -3.94. The van der Waals surface area contributed by atoms with Gasteiger partial charge in [-0.3, -0.25) is 9.59 Å². The van der Waals surface area contributed by atoms with Crippen molar-refractivity contribution in [3.63, 3.8) is 0 Å². The number of hydrogen-bond donors (Lipinski definition) is 6. The van der Waals surface area contributed by atoms with Gasteiger partial charge in [0.1, 0.15) is 24.4 Å². The molecule has 0 saturated carbocycles. The molecule has 480 valence electrons. The molecule has 1 heterocycles. The van der Waals surface area contributed by atoms with Crippen LogP contribution in [0.4, 0.5) is 0 Å². The third kappa shape index (κ3) is 46.3. The van der Waals surface area contributed by atoms with Crippen LogP contribution in [0.5, 0.6) is 0 Å². The van der Waals surface area contributed by atoms with Crippen LogP contribution in [0.15, 0.2) is 122 Å². The predicted molar refractivity (Wildman–Crippen MR) is 351 cm³/mol. The molecule has 11 nitrogen and oxygen atoms in total. The Labute approximate surface area is 512 Å². The second-order valence-electron chi connectivity index (χ2n) is 22.8. The first kappa shape index (κ1) is 78.1. The number of allylic oxidation sites excluding steroid dienone is 19. The van der Waals surface area contributed by atoms with E-state index in [1.807, 2.05) is 6.08 Å². The van der Waals surface area contributed by atoms with E-state index in [9.17, 15) is 35.1 Å². The first-order valence-corrected chi connectivity index (χ1v) is 33.8. The minimum Gasteiger partial charge on any atom is -0.454 e. The molecule has 6 N–H and O–H groups in total. The molecule has 0 aromatic heterocycles. The summed E-state index contributed by atoms with van der Waals surface area (Å²) in [5.41, 5.74) is 0. The van der Waals surface area contributed by atoms with Crippen molar-refractivity contribution in [2.75, 3.05) is 13.2 Å². The first-order chi connectivity index (χ1) is 41.2. The summed E-state index contributed by atoms with van der Waals surface area (Å²) in [7, 11) is 0. The van der Waals surface area contributed by atoms with Gasteiger partial charge in [0.05, 0.1) is 25.4 Å². The van der Waals surface area contributed by atoms with E-state index >= 15 is 0 Å². The van der Waals surface area contributed by atoms with E-state index in [-0.39, 0.29) is 19.4 Å². The van der Waals surface area contributed by atoms with Crippen LogP contribution in [-0.2, 0) is 23.8 Å². The largest absolute Gasteiger partial charge is 0.454 e. The highest BCUT2D eigenvalue weighted by molar-refractivity contribution is 5.80. The number of carbonyl (C=O) groups is 2. The lowest BCUT2D eigenvalue weighted by molar-refractivity contribution is -0.305. The molecule has 0 bridgehead atoms. The maximum Gasteiger partial charge on any atom is 0.306 e. The number of ether oxygens (including phenoxy) is 3. The number of aliphatic hydroxyl groups is 5. The van der Waals surface area contributed by atoms with E-state index in [0.29, 0.717) is 12.8 Å². The molecule has 1 aliphatic heterocycles. The van der Waals surface area contributed by atoms with Gasteiger partial charge in [0.15, 0.2) is 12.4 Å². The van der Waals surface area contributed by atoms with Crippen LogP contribution in [0.2, 0.25) is 0 Å². The lowest BCUT2D eigenvalue weighted by atomic mass is 9.99. The standard InChI is InChI=1S/C73H123NO10/c1-4-7-10-13-16-19-22-25-27-29-31-32-33-34-35-36-37-39-41-43-46-49-52-55-58-61-68(78)84-71-70(80)69(79)67(62-75)83-73(71)82-63-64(65(76)59-56-53-50-47-44-24-21-18-15-12-9-6-3)74-72(81)66(77)60-57-54-51-48-45-42-40-38-30-28-26-23-20-17-14-11-8-5-2/h8,11,16-17,19-20,25-28,31-32,34-35,38,40,45,48,56,59,64-67,69-71,73,75-77,79-80H,4-7,9-10,12-15,18,21-24,29-30,33,36-37,39,41-44,46-47,49-55,57-58,60-63H2,1-3H3,(H,74,81)/b11-8-,19-16-,20-17-,27-25-,28-26-,32-31-,35-34-,40-38-,48-45-,59-56+. The summed E-state index contributed by atoms with van der Waals surface area (Å²) in [5, 5.41) is 57.1. The highest BCUT2D eigenvalue weighted by Gasteiger charge is 2.47. The van der Waals surface area contributed by atoms with Gasteiger partial charge in [-0.05, 0) is 116 Å². The smallest absolute Gasteiger partial charge is 0.306 e. The summed E-state index contributed by atoms with van der Waals surface area (Å²) < 4.78 is 17.6. The molecular formula is C73H123NO10. The number of rotatable bonds is 56. The van der Waals surface area contributed by atoms with Gasteiger partial charge in [0.2, 0.25) is 5.91 Å². The summed E-state index contributed by atoms with van der Waals surface area (Å²) >= 11 is 0. The quantitative estimate of drug-likeness (QED) is 0.0195. The fourth-order valence-electron chi connectivity index (χ4n) is 9.78. The predicted octanol–water partition coefficient (Wildman–Crippen LogP) is 17.0. The van der Waals surface area contributed by atoms with Crippen molar-refractivity contribution in [1.29, 1.82) is 0 Å². The number of unbranched alkanes of at least 4 members (excludes halogenated alkanes) is 24. The highest BCUT2D eigenvalue weighted by Crippen LogP contribution is 2.26. The topological polar surface area (TPSA) is 175 Å². The average Bonchev–Trinajstić information content (AvgIpc) is 3.67. The second-order valence-corrected chi connectivity index (χ2v) is 22.8. The Bertz CT molecular complexity index is 1830. The minimum atomic E-state index is -1.63. The van der Waals surface area contributed by atoms with Crippen molar-refractivity contribution in [2.24, 2.45) is 0 Å². The number of nitrogens with one attached hydrogen (secondary N) is 1. The zero-order chi connectivity index (χ0) is 61.0. The Kier molecular flexibility index (Phi) is 55.2. The molecule has 1 aliphatic rings. The number of hydrogen-bond acceptors (Lipinski definition) is 10. The summed E-state index contributed by atoms with van der Waals surface area (Å²) in [6, 6.07) is -1.05. The molecule has 1 saturated heterocycles. The zero-order valence-electron chi connectivity index (χ0n) is 53.2. The van der Waals surface area contributed by atoms with E-state index in [1.54, 1.807) is 6.08 Å². The Balaban J connectivity index is 2.64. The van der Waals surface area contributed by atoms with Crippen molar-refractivity contribution in [3.8, 4) is 0 Å². The molecule has 1 rings (SSSR count). The van der Waals surface area contributed by atoms with Gasteiger partial charge in [-0.1, -0.05) is 264 Å². The lowest BCUT2D eigenvalue weighted by Crippen LogP contribution is -2.61. The van der Waals surface area contributed by atoms with E-state index in [2.05, 4.69) is 135 Å². The molecule has 0 spiro atoms. The zero-order valence-corrected chi connectivity index (χ0v) is 53.2. The Morgan fingerprint density at radius 2 is 0.857 bits per heavy atom. The van der Waals surface area contributed by atoms with Crippen LogP contribution in [0.25, 0.3) is 0 Å². The van der Waals surface area contributed by atoms with E-state index in [1.165, 1.54) is 96.3 Å². The van der Waals surface area contributed by atoms with Crippen LogP contribution >= 0.6 is 0 Å². The summed E-state index contributed by atoms with van der Waals surface area (Å²) in [6.45, 7) is 5.62. The third-order valence-electron chi connectivity index (χ3n) is 15.1. The molecule has 0 aliphatic carbocycles. The monoisotopic (exact) mass is 1170 g/mol. The Morgan fingerprint density at radius 3 is 1.31 bits per heavy atom. The molecule has 8 unspecified atom stereocenters. The van der Waals surface area contributed by atoms with Gasteiger partial charge in [-0.2, -0.15) is 0 Å². The fraction of sp³-hybridized carbons (Fsp3) is 0.699. The highest BCUT2D eigenvalue weighted by atomic mass is 16.7. The van der Waals surface area contributed by atoms with E-state index in [0.717, 1.165) is 122 Å². The molecule has 0 aromatic rings. The number of aliphatic hydroxyl groups excluding tert-OH is 5. The summed E-state index contributed by atoms with van der Waals surface area (Å²) in [6.07, 6.45) is 72.3. The summed E-state index contributed by atoms with van der Waals surface area (Å²) in [5.74, 6) is -1.24. The van der Waals surface area contributed by atoms with Crippen LogP contribution in [-0.4, -0.2) is 99.6 Å². The van der Waals surface area contributed by atoms with E-state index in [4.69, 9.17) is 14.2 Å². The first-order valence-electron chi connectivity index (χ1n) is 33.8. The van der Waals surface area contributed by atoms with E-state index < -0.39 is 67.4 Å². The minimum absolute atomic E-state index is 0.106. The van der Waals surface area contributed by atoms with Crippen molar-refractivity contribution >= 4 is 11.9 Å². The van der Waals surface area contributed by atoms with Gasteiger partial charge in [0.25, 0.3) is 0 Å². The van der Waals surface area contributed by atoms with Gasteiger partial charge in [-0.15, -0.1) is 0 Å². The SMILES string of the molecule is CC/C=C\C/C=C\C/C=C\C/C=C\C/C=C\CCCCC(O)C(=O)NC(COC1OC(CO)C(O)C(O)C1OC(=O)CCCCCCCCCCC/C=C\C/C=C\C/C=C\C/C=C\CCCCC)C(O)/C=C/CCCCCCCCCCCC. The lowest BCUT2D eigenvalue weighted by Gasteiger charge is -2.41. The maximum absolute atomic E-state index is 13.4.